The van der Waals surface area contributed by atoms with E-state index in [1.165, 1.54) is 0 Å². The van der Waals surface area contributed by atoms with Gasteiger partial charge in [0.15, 0.2) is 9.84 Å². The van der Waals surface area contributed by atoms with E-state index >= 15 is 0 Å². The number of sulfone groups is 1. The highest BCUT2D eigenvalue weighted by Crippen LogP contribution is 2.23. The summed E-state index contributed by atoms with van der Waals surface area (Å²) in [6, 6.07) is 0.478. The van der Waals surface area contributed by atoms with Gasteiger partial charge in [-0.15, -0.1) is 0 Å². The van der Waals surface area contributed by atoms with Gasteiger partial charge < -0.3 is 9.80 Å². The predicted octanol–water partition coefficient (Wildman–Crippen LogP) is 0.296. The van der Waals surface area contributed by atoms with E-state index in [0.29, 0.717) is 18.5 Å². The van der Waals surface area contributed by atoms with E-state index in [2.05, 4.69) is 16.7 Å². The Morgan fingerprint density at radius 1 is 1.13 bits per heavy atom. The molecule has 2 fully saturated rings. The second-order valence-corrected chi connectivity index (χ2v) is 9.41. The second kappa shape index (κ2) is 7.94. The van der Waals surface area contributed by atoms with Gasteiger partial charge in [-0.05, 0) is 12.3 Å². The Labute approximate surface area is 140 Å². The van der Waals surface area contributed by atoms with Gasteiger partial charge in [-0.2, -0.15) is 0 Å². The SMILES string of the molecule is CCS(=O)(=O)CCN1CC(C)C(N2CCCN(C(C)=O)CC2)C1. The van der Waals surface area contributed by atoms with Crippen LogP contribution in [0, 0.1) is 5.92 Å². The van der Waals surface area contributed by atoms with Gasteiger partial charge in [-0.3, -0.25) is 9.69 Å². The first-order chi connectivity index (χ1) is 10.8. The third-order valence-corrected chi connectivity index (χ3v) is 6.94. The van der Waals surface area contributed by atoms with Crippen LogP contribution in [0.25, 0.3) is 0 Å². The highest BCUT2D eigenvalue weighted by Gasteiger charge is 2.34. The van der Waals surface area contributed by atoms with Crippen LogP contribution in [0.15, 0.2) is 0 Å². The van der Waals surface area contributed by atoms with Gasteiger partial charge in [-0.1, -0.05) is 13.8 Å². The monoisotopic (exact) mass is 345 g/mol. The highest BCUT2D eigenvalue weighted by atomic mass is 32.2. The molecule has 7 heteroatoms. The quantitative estimate of drug-likeness (QED) is 0.717. The second-order valence-electron chi connectivity index (χ2n) is 6.94. The number of amides is 1. The smallest absolute Gasteiger partial charge is 0.219 e. The first-order valence-corrected chi connectivity index (χ1v) is 10.6. The van der Waals surface area contributed by atoms with Gasteiger partial charge in [0.05, 0.1) is 5.75 Å². The highest BCUT2D eigenvalue weighted by molar-refractivity contribution is 7.91. The minimum Gasteiger partial charge on any atom is -0.342 e. The Balaban J connectivity index is 1.87. The van der Waals surface area contributed by atoms with E-state index in [1.54, 1.807) is 13.8 Å². The van der Waals surface area contributed by atoms with Crippen molar-refractivity contribution in [2.24, 2.45) is 5.92 Å². The largest absolute Gasteiger partial charge is 0.342 e. The van der Waals surface area contributed by atoms with Crippen molar-refractivity contribution in [2.75, 3.05) is 57.3 Å². The zero-order valence-corrected chi connectivity index (χ0v) is 15.5. The van der Waals surface area contributed by atoms with Crippen molar-refractivity contribution in [2.45, 2.75) is 33.2 Å². The Morgan fingerprint density at radius 3 is 2.52 bits per heavy atom. The van der Waals surface area contributed by atoms with Crippen LogP contribution in [-0.2, 0) is 14.6 Å². The molecule has 2 atom stereocenters. The van der Waals surface area contributed by atoms with Gasteiger partial charge in [-0.25, -0.2) is 8.42 Å². The van der Waals surface area contributed by atoms with Gasteiger partial charge in [0.1, 0.15) is 0 Å². The Kier molecular flexibility index (Phi) is 6.45. The molecule has 134 valence electrons. The molecule has 23 heavy (non-hydrogen) atoms. The van der Waals surface area contributed by atoms with Gasteiger partial charge in [0.25, 0.3) is 0 Å². The molecule has 0 saturated carbocycles. The van der Waals surface area contributed by atoms with Crippen LogP contribution in [0.1, 0.15) is 27.2 Å². The zero-order chi connectivity index (χ0) is 17.0. The van der Waals surface area contributed by atoms with Crippen LogP contribution in [0.3, 0.4) is 0 Å². The number of hydrogen-bond acceptors (Lipinski definition) is 5. The molecule has 0 spiro atoms. The molecule has 2 rings (SSSR count). The predicted molar refractivity (Wildman–Crippen MR) is 92.2 cm³/mol. The van der Waals surface area contributed by atoms with E-state index in [9.17, 15) is 13.2 Å². The number of nitrogens with zero attached hydrogens (tertiary/aromatic N) is 3. The third kappa shape index (κ3) is 5.16. The Morgan fingerprint density at radius 2 is 1.87 bits per heavy atom. The van der Waals surface area contributed by atoms with Crippen LogP contribution in [0.4, 0.5) is 0 Å². The fourth-order valence-corrected chi connectivity index (χ4v) is 4.53. The molecule has 2 aliphatic heterocycles. The molecule has 0 aromatic heterocycles. The van der Waals surface area contributed by atoms with Gasteiger partial charge in [0.2, 0.25) is 5.91 Å². The lowest BCUT2D eigenvalue weighted by atomic mass is 10.0. The van der Waals surface area contributed by atoms with Crippen molar-refractivity contribution in [3.63, 3.8) is 0 Å². The molecule has 2 aliphatic rings. The molecule has 0 radical (unpaired) electrons. The van der Waals surface area contributed by atoms with E-state index in [1.807, 2.05) is 4.90 Å². The van der Waals surface area contributed by atoms with Crippen molar-refractivity contribution in [3.8, 4) is 0 Å². The summed E-state index contributed by atoms with van der Waals surface area (Å²) in [5, 5.41) is 0. The Hall–Kier alpha value is -0.660. The summed E-state index contributed by atoms with van der Waals surface area (Å²) >= 11 is 0. The molecular formula is C16H31N3O3S. The summed E-state index contributed by atoms with van der Waals surface area (Å²) in [7, 11) is -2.89. The fourth-order valence-electron chi connectivity index (χ4n) is 3.70. The summed E-state index contributed by atoms with van der Waals surface area (Å²) < 4.78 is 23.4. The van der Waals surface area contributed by atoms with Crippen LogP contribution in [0.5, 0.6) is 0 Å². The number of likely N-dealkylation sites (tertiary alicyclic amines) is 1. The summed E-state index contributed by atoms with van der Waals surface area (Å²) in [4.78, 5) is 18.3. The molecular weight excluding hydrogens is 314 g/mol. The normalized spacial score (nSPS) is 28.0. The summed E-state index contributed by atoms with van der Waals surface area (Å²) in [6.07, 6.45) is 1.02. The fraction of sp³-hybridized carbons (Fsp3) is 0.938. The first-order valence-electron chi connectivity index (χ1n) is 8.74. The topological polar surface area (TPSA) is 60.9 Å². The molecule has 2 heterocycles. The maximum absolute atomic E-state index is 11.7. The van der Waals surface area contributed by atoms with Crippen LogP contribution < -0.4 is 0 Å². The standard InChI is InChI=1S/C16H31N3O3S/c1-4-23(21,22)11-10-17-12-14(2)16(13-17)19-7-5-6-18(8-9-19)15(3)20/h14,16H,4-13H2,1-3H3. The molecule has 0 N–H and O–H groups in total. The minimum atomic E-state index is -2.89. The average molecular weight is 346 g/mol. The maximum Gasteiger partial charge on any atom is 0.219 e. The maximum atomic E-state index is 11.7. The van der Waals surface area contributed by atoms with Crippen molar-refractivity contribution in [1.29, 1.82) is 0 Å². The van der Waals surface area contributed by atoms with Gasteiger partial charge in [0, 0.05) is 64.5 Å². The van der Waals surface area contributed by atoms with Gasteiger partial charge >= 0.3 is 0 Å². The van der Waals surface area contributed by atoms with E-state index in [0.717, 1.165) is 45.7 Å². The molecule has 6 nitrogen and oxygen atoms in total. The number of carbonyl (C=O) groups is 1. The van der Waals surface area contributed by atoms with Crippen molar-refractivity contribution in [1.82, 2.24) is 14.7 Å². The van der Waals surface area contributed by atoms with Crippen LogP contribution in [-0.4, -0.2) is 92.4 Å². The zero-order valence-electron chi connectivity index (χ0n) is 14.7. The first kappa shape index (κ1) is 18.7. The summed E-state index contributed by atoms with van der Waals surface area (Å²) in [5.74, 6) is 1.20. The Bertz CT molecular complexity index is 509. The number of hydrogen-bond donors (Lipinski definition) is 0. The third-order valence-electron chi connectivity index (χ3n) is 5.25. The molecule has 0 bridgehead atoms. The summed E-state index contributed by atoms with van der Waals surface area (Å²) in [6.45, 7) is 11.8. The molecule has 2 unspecified atom stereocenters. The minimum absolute atomic E-state index is 0.165. The van der Waals surface area contributed by atoms with Crippen LogP contribution in [0.2, 0.25) is 0 Å². The van der Waals surface area contributed by atoms with Crippen molar-refractivity contribution < 1.29 is 13.2 Å². The van der Waals surface area contributed by atoms with Crippen LogP contribution >= 0.6 is 0 Å². The lowest BCUT2D eigenvalue weighted by Gasteiger charge is -2.30. The molecule has 0 aromatic rings. The lowest BCUT2D eigenvalue weighted by molar-refractivity contribution is -0.128. The van der Waals surface area contributed by atoms with Crippen molar-refractivity contribution in [3.05, 3.63) is 0 Å². The van der Waals surface area contributed by atoms with Crippen molar-refractivity contribution >= 4 is 15.7 Å². The van der Waals surface area contributed by atoms with E-state index < -0.39 is 9.84 Å². The lowest BCUT2D eigenvalue weighted by Crippen LogP contribution is -2.43. The molecule has 0 aliphatic carbocycles. The molecule has 1 amide bonds. The van der Waals surface area contributed by atoms with E-state index in [-0.39, 0.29) is 17.4 Å². The molecule has 0 aromatic carbocycles. The molecule has 2 saturated heterocycles. The number of carbonyl (C=O) groups excluding carboxylic acids is 1. The number of rotatable bonds is 5. The average Bonchev–Trinajstić information content (AvgIpc) is 2.72. The summed E-state index contributed by atoms with van der Waals surface area (Å²) in [5.41, 5.74) is 0. The van der Waals surface area contributed by atoms with E-state index in [4.69, 9.17) is 0 Å².